The molecule has 0 spiro atoms. The maximum absolute atomic E-state index is 5.48. The zero-order valence-electron chi connectivity index (χ0n) is 11.1. The van der Waals surface area contributed by atoms with Crippen LogP contribution in [0.3, 0.4) is 0 Å². The first kappa shape index (κ1) is 12.6. The van der Waals surface area contributed by atoms with Crippen molar-refractivity contribution in [2.75, 3.05) is 6.61 Å². The van der Waals surface area contributed by atoms with Gasteiger partial charge in [-0.2, -0.15) is 5.48 Å². The molecule has 17 heavy (non-hydrogen) atoms. The molecule has 0 fully saturated rings. The van der Waals surface area contributed by atoms with Crippen molar-refractivity contribution in [3.8, 4) is 0 Å². The van der Waals surface area contributed by atoms with E-state index < -0.39 is 0 Å². The highest BCUT2D eigenvalue weighted by Gasteiger charge is 2.13. The van der Waals surface area contributed by atoms with E-state index in [2.05, 4.69) is 44.5 Å². The maximum atomic E-state index is 5.48. The minimum atomic E-state index is 0.264. The molecule has 1 aromatic carbocycles. The molecule has 1 unspecified atom stereocenters. The van der Waals surface area contributed by atoms with Crippen LogP contribution in [0.1, 0.15) is 49.9 Å². The van der Waals surface area contributed by atoms with Crippen molar-refractivity contribution < 1.29 is 4.84 Å². The van der Waals surface area contributed by atoms with Crippen LogP contribution >= 0.6 is 0 Å². The summed E-state index contributed by atoms with van der Waals surface area (Å²) in [6.07, 6.45) is 3.80. The number of fused-ring (bicyclic) bond motifs is 1. The van der Waals surface area contributed by atoms with Crippen molar-refractivity contribution in [2.45, 2.75) is 46.1 Å². The third-order valence-electron chi connectivity index (χ3n) is 3.30. The second kappa shape index (κ2) is 5.65. The molecule has 1 aliphatic carbocycles. The Morgan fingerprint density at radius 3 is 2.71 bits per heavy atom. The summed E-state index contributed by atoms with van der Waals surface area (Å²) in [4.78, 5) is 5.48. The summed E-state index contributed by atoms with van der Waals surface area (Å²) in [5, 5.41) is 0. The predicted octanol–water partition coefficient (Wildman–Crippen LogP) is 3.41. The Kier molecular flexibility index (Phi) is 4.19. The standard InChI is InChI=1S/C15H23NO/c1-11(2)10-17-16-12(3)14-8-7-13-5-4-6-15(13)9-14/h7-9,11-12,16H,4-6,10H2,1-3H3. The largest absolute Gasteiger partial charge is 0.301 e. The molecule has 2 nitrogen and oxygen atoms in total. The number of nitrogens with one attached hydrogen (secondary N) is 1. The summed E-state index contributed by atoms with van der Waals surface area (Å²) in [6, 6.07) is 7.09. The average molecular weight is 233 g/mol. The second-order valence-corrected chi connectivity index (χ2v) is 5.43. The van der Waals surface area contributed by atoms with Crippen molar-refractivity contribution in [3.05, 3.63) is 34.9 Å². The summed E-state index contributed by atoms with van der Waals surface area (Å²) < 4.78 is 0. The number of aryl methyl sites for hydroxylation is 2. The summed E-state index contributed by atoms with van der Waals surface area (Å²) in [7, 11) is 0. The van der Waals surface area contributed by atoms with Crippen LogP contribution in [-0.2, 0) is 17.7 Å². The first-order valence-corrected chi connectivity index (χ1v) is 6.66. The van der Waals surface area contributed by atoms with Crippen molar-refractivity contribution in [2.24, 2.45) is 5.92 Å². The van der Waals surface area contributed by atoms with E-state index in [0.29, 0.717) is 5.92 Å². The highest BCUT2D eigenvalue weighted by Crippen LogP contribution is 2.25. The van der Waals surface area contributed by atoms with E-state index in [9.17, 15) is 0 Å². The molecule has 0 saturated carbocycles. The highest BCUT2D eigenvalue weighted by atomic mass is 16.6. The molecule has 0 aromatic heterocycles. The predicted molar refractivity (Wildman–Crippen MR) is 70.8 cm³/mol. The lowest BCUT2D eigenvalue weighted by Gasteiger charge is -2.16. The first-order valence-electron chi connectivity index (χ1n) is 6.66. The molecule has 2 rings (SSSR count). The van der Waals surface area contributed by atoms with Crippen LogP contribution in [0.2, 0.25) is 0 Å². The molecule has 94 valence electrons. The molecular formula is C15H23NO. The van der Waals surface area contributed by atoms with E-state index in [4.69, 9.17) is 4.84 Å². The second-order valence-electron chi connectivity index (χ2n) is 5.43. The van der Waals surface area contributed by atoms with Gasteiger partial charge in [0.1, 0.15) is 0 Å². The van der Waals surface area contributed by atoms with Crippen LogP contribution < -0.4 is 5.48 Å². The van der Waals surface area contributed by atoms with Crippen LogP contribution in [0.25, 0.3) is 0 Å². The van der Waals surface area contributed by atoms with Gasteiger partial charge in [0, 0.05) is 0 Å². The van der Waals surface area contributed by atoms with Crippen molar-refractivity contribution >= 4 is 0 Å². The molecular weight excluding hydrogens is 210 g/mol. The molecule has 1 aromatic rings. The first-order chi connectivity index (χ1) is 8.16. The Bertz CT molecular complexity index is 373. The zero-order chi connectivity index (χ0) is 12.3. The average Bonchev–Trinajstić information content (AvgIpc) is 2.75. The summed E-state index contributed by atoms with van der Waals surface area (Å²) in [6.45, 7) is 7.22. The van der Waals surface area contributed by atoms with E-state index in [1.54, 1.807) is 0 Å². The SMILES string of the molecule is CC(C)CONC(C)c1ccc2c(c1)CCC2. The van der Waals surface area contributed by atoms with Crippen molar-refractivity contribution in [3.63, 3.8) is 0 Å². The van der Waals surface area contributed by atoms with Crippen LogP contribution in [0.5, 0.6) is 0 Å². The smallest absolute Gasteiger partial charge is 0.0705 e. The van der Waals surface area contributed by atoms with Gasteiger partial charge in [0.25, 0.3) is 0 Å². The van der Waals surface area contributed by atoms with Crippen LogP contribution in [0, 0.1) is 5.92 Å². The highest BCUT2D eigenvalue weighted by molar-refractivity contribution is 5.36. The van der Waals surface area contributed by atoms with Gasteiger partial charge in [-0.1, -0.05) is 32.0 Å². The summed E-state index contributed by atoms with van der Waals surface area (Å²) in [5.41, 5.74) is 7.51. The normalized spacial score (nSPS) is 16.2. The number of benzene rings is 1. The van der Waals surface area contributed by atoms with Gasteiger partial charge in [-0.05, 0) is 48.8 Å². The molecule has 2 heteroatoms. The van der Waals surface area contributed by atoms with E-state index in [1.165, 1.54) is 36.0 Å². The minimum Gasteiger partial charge on any atom is -0.301 e. The minimum absolute atomic E-state index is 0.264. The molecule has 0 aliphatic heterocycles. The molecule has 0 heterocycles. The van der Waals surface area contributed by atoms with Gasteiger partial charge in [0.05, 0.1) is 12.6 Å². The summed E-state index contributed by atoms with van der Waals surface area (Å²) in [5.74, 6) is 0.565. The molecule has 0 amide bonds. The topological polar surface area (TPSA) is 21.3 Å². The van der Waals surface area contributed by atoms with E-state index in [0.717, 1.165) is 6.61 Å². The Balaban J connectivity index is 1.92. The quantitative estimate of drug-likeness (QED) is 0.787. The number of hydrogen-bond acceptors (Lipinski definition) is 2. The van der Waals surface area contributed by atoms with Crippen molar-refractivity contribution in [1.29, 1.82) is 0 Å². The zero-order valence-corrected chi connectivity index (χ0v) is 11.1. The molecule has 0 radical (unpaired) electrons. The van der Waals surface area contributed by atoms with Crippen LogP contribution in [-0.4, -0.2) is 6.61 Å². The molecule has 0 bridgehead atoms. The lowest BCUT2D eigenvalue weighted by atomic mass is 10.0. The van der Waals surface area contributed by atoms with E-state index in [1.807, 2.05) is 0 Å². The molecule has 1 N–H and O–H groups in total. The fourth-order valence-electron chi connectivity index (χ4n) is 2.27. The Morgan fingerprint density at radius 2 is 1.94 bits per heavy atom. The lowest BCUT2D eigenvalue weighted by Crippen LogP contribution is -2.21. The van der Waals surface area contributed by atoms with E-state index in [-0.39, 0.29) is 6.04 Å². The summed E-state index contributed by atoms with van der Waals surface area (Å²) >= 11 is 0. The number of hydroxylamine groups is 1. The third-order valence-corrected chi connectivity index (χ3v) is 3.30. The fourth-order valence-corrected chi connectivity index (χ4v) is 2.27. The van der Waals surface area contributed by atoms with Gasteiger partial charge < -0.3 is 4.84 Å². The van der Waals surface area contributed by atoms with Gasteiger partial charge in [0.2, 0.25) is 0 Å². The molecule has 0 saturated heterocycles. The van der Waals surface area contributed by atoms with E-state index >= 15 is 0 Å². The fraction of sp³-hybridized carbons (Fsp3) is 0.600. The molecule has 1 atom stereocenters. The van der Waals surface area contributed by atoms with Gasteiger partial charge in [-0.25, -0.2) is 0 Å². The Labute approximate surface area is 104 Å². The monoisotopic (exact) mass is 233 g/mol. The Morgan fingerprint density at radius 1 is 1.18 bits per heavy atom. The lowest BCUT2D eigenvalue weighted by molar-refractivity contribution is 0.00408. The third kappa shape index (κ3) is 3.30. The maximum Gasteiger partial charge on any atom is 0.0705 e. The van der Waals surface area contributed by atoms with Gasteiger partial charge in [-0.3, -0.25) is 0 Å². The molecule has 1 aliphatic rings. The van der Waals surface area contributed by atoms with Crippen molar-refractivity contribution in [1.82, 2.24) is 5.48 Å². The van der Waals surface area contributed by atoms with Crippen LogP contribution in [0.15, 0.2) is 18.2 Å². The number of hydrogen-bond donors (Lipinski definition) is 1. The van der Waals surface area contributed by atoms with Gasteiger partial charge in [0.15, 0.2) is 0 Å². The van der Waals surface area contributed by atoms with Gasteiger partial charge in [-0.15, -0.1) is 0 Å². The number of rotatable bonds is 5. The Hall–Kier alpha value is -0.860. The van der Waals surface area contributed by atoms with Gasteiger partial charge >= 0.3 is 0 Å². The van der Waals surface area contributed by atoms with Crippen LogP contribution in [0.4, 0.5) is 0 Å².